The maximum atomic E-state index is 12.5. The van der Waals surface area contributed by atoms with Crippen LogP contribution in [0.15, 0.2) is 53.7 Å². The highest BCUT2D eigenvalue weighted by Gasteiger charge is 2.19. The third-order valence-corrected chi connectivity index (χ3v) is 5.23. The summed E-state index contributed by atoms with van der Waals surface area (Å²) < 4.78 is 0. The van der Waals surface area contributed by atoms with Crippen molar-refractivity contribution < 1.29 is 4.79 Å². The summed E-state index contributed by atoms with van der Waals surface area (Å²) in [5, 5.41) is 1.43. The second kappa shape index (κ2) is 7.28. The van der Waals surface area contributed by atoms with Crippen LogP contribution in [-0.2, 0) is 4.79 Å². The van der Waals surface area contributed by atoms with E-state index in [0.29, 0.717) is 10.8 Å². The first kappa shape index (κ1) is 16.9. The SMILES string of the molecule is CC(c1ccccc1Cl)N(C)C(=O)CSc1nc2ccccc2[nH]1. The fraction of sp³-hybridized carbons (Fsp3) is 0.222. The zero-order chi connectivity index (χ0) is 17.1. The van der Waals surface area contributed by atoms with E-state index in [1.165, 1.54) is 11.8 Å². The molecule has 0 bridgehead atoms. The third kappa shape index (κ3) is 3.57. The number of para-hydroxylation sites is 2. The van der Waals surface area contributed by atoms with Gasteiger partial charge in [0.2, 0.25) is 5.91 Å². The number of amides is 1. The molecular formula is C18H18ClN3OS. The van der Waals surface area contributed by atoms with Crippen molar-refractivity contribution in [1.82, 2.24) is 14.9 Å². The molecule has 0 saturated heterocycles. The van der Waals surface area contributed by atoms with Crippen molar-refractivity contribution in [2.75, 3.05) is 12.8 Å². The molecule has 24 heavy (non-hydrogen) atoms. The van der Waals surface area contributed by atoms with Crippen molar-refractivity contribution in [3.8, 4) is 0 Å². The summed E-state index contributed by atoms with van der Waals surface area (Å²) in [7, 11) is 1.80. The Balaban J connectivity index is 1.64. The second-order valence-electron chi connectivity index (χ2n) is 5.55. The molecule has 1 N–H and O–H groups in total. The minimum absolute atomic E-state index is 0.0351. The quantitative estimate of drug-likeness (QED) is 0.681. The lowest BCUT2D eigenvalue weighted by molar-refractivity contribution is -0.128. The Morgan fingerprint density at radius 3 is 2.71 bits per heavy atom. The van der Waals surface area contributed by atoms with E-state index in [2.05, 4.69) is 9.97 Å². The lowest BCUT2D eigenvalue weighted by atomic mass is 10.1. The number of nitrogens with zero attached hydrogens (tertiary/aromatic N) is 2. The average molecular weight is 360 g/mol. The van der Waals surface area contributed by atoms with Crippen molar-refractivity contribution in [2.24, 2.45) is 0 Å². The number of carbonyl (C=O) groups is 1. The van der Waals surface area contributed by atoms with Crippen molar-refractivity contribution in [3.63, 3.8) is 0 Å². The number of aromatic amines is 1. The zero-order valence-corrected chi connectivity index (χ0v) is 15.1. The minimum Gasteiger partial charge on any atom is -0.338 e. The average Bonchev–Trinajstić information content (AvgIpc) is 3.01. The van der Waals surface area contributed by atoms with Crippen molar-refractivity contribution in [1.29, 1.82) is 0 Å². The Morgan fingerprint density at radius 2 is 1.96 bits per heavy atom. The number of thioether (sulfide) groups is 1. The summed E-state index contributed by atoms with van der Waals surface area (Å²) in [6, 6.07) is 15.3. The highest BCUT2D eigenvalue weighted by Crippen LogP contribution is 2.27. The number of fused-ring (bicyclic) bond motifs is 1. The highest BCUT2D eigenvalue weighted by atomic mass is 35.5. The van der Waals surface area contributed by atoms with Crippen LogP contribution in [0.5, 0.6) is 0 Å². The zero-order valence-electron chi connectivity index (χ0n) is 13.5. The van der Waals surface area contributed by atoms with E-state index in [4.69, 9.17) is 11.6 Å². The first-order valence-electron chi connectivity index (χ1n) is 7.64. The molecular weight excluding hydrogens is 342 g/mol. The highest BCUT2D eigenvalue weighted by molar-refractivity contribution is 7.99. The van der Waals surface area contributed by atoms with Gasteiger partial charge in [0, 0.05) is 12.1 Å². The van der Waals surface area contributed by atoms with Gasteiger partial charge >= 0.3 is 0 Å². The molecule has 0 aliphatic carbocycles. The number of halogens is 1. The van der Waals surface area contributed by atoms with Gasteiger partial charge in [-0.2, -0.15) is 0 Å². The van der Waals surface area contributed by atoms with Crippen LogP contribution in [0.4, 0.5) is 0 Å². The molecule has 1 unspecified atom stereocenters. The van der Waals surface area contributed by atoms with E-state index < -0.39 is 0 Å². The topological polar surface area (TPSA) is 49.0 Å². The summed E-state index contributed by atoms with van der Waals surface area (Å²) in [5.74, 6) is 0.360. The van der Waals surface area contributed by atoms with E-state index in [1.807, 2.05) is 55.5 Å². The van der Waals surface area contributed by atoms with Gasteiger partial charge in [0.25, 0.3) is 0 Å². The predicted octanol–water partition coefficient (Wildman–Crippen LogP) is 4.53. The molecule has 3 aromatic rings. The number of hydrogen-bond donors (Lipinski definition) is 1. The van der Waals surface area contributed by atoms with Gasteiger partial charge < -0.3 is 9.88 Å². The number of benzene rings is 2. The normalized spacial score (nSPS) is 12.3. The van der Waals surface area contributed by atoms with Crippen LogP contribution < -0.4 is 0 Å². The number of imidazole rings is 1. The van der Waals surface area contributed by atoms with Crippen LogP contribution >= 0.6 is 23.4 Å². The first-order valence-corrected chi connectivity index (χ1v) is 9.00. The fourth-order valence-corrected chi connectivity index (χ4v) is 3.57. The summed E-state index contributed by atoms with van der Waals surface area (Å²) >= 11 is 7.64. The summed E-state index contributed by atoms with van der Waals surface area (Å²) in [5.41, 5.74) is 2.83. The Bertz CT molecular complexity index is 831. The van der Waals surface area contributed by atoms with Crippen LogP contribution in [0, 0.1) is 0 Å². The van der Waals surface area contributed by atoms with Crippen LogP contribution in [0.2, 0.25) is 5.02 Å². The van der Waals surface area contributed by atoms with E-state index in [1.54, 1.807) is 11.9 Å². The lowest BCUT2D eigenvalue weighted by Gasteiger charge is -2.25. The maximum Gasteiger partial charge on any atom is 0.233 e. The van der Waals surface area contributed by atoms with Gasteiger partial charge in [-0.1, -0.05) is 53.7 Å². The van der Waals surface area contributed by atoms with Gasteiger partial charge in [0.15, 0.2) is 5.16 Å². The van der Waals surface area contributed by atoms with E-state index in [9.17, 15) is 4.79 Å². The monoisotopic (exact) mass is 359 g/mol. The number of carbonyl (C=O) groups excluding carboxylic acids is 1. The second-order valence-corrected chi connectivity index (χ2v) is 6.92. The molecule has 0 aliphatic rings. The van der Waals surface area contributed by atoms with Gasteiger partial charge in [-0.05, 0) is 30.7 Å². The minimum atomic E-state index is -0.0810. The molecule has 1 aromatic heterocycles. The number of aromatic nitrogens is 2. The van der Waals surface area contributed by atoms with E-state index in [-0.39, 0.29) is 11.9 Å². The fourth-order valence-electron chi connectivity index (χ4n) is 2.47. The Labute approximate surface area is 150 Å². The van der Waals surface area contributed by atoms with Gasteiger partial charge in [-0.15, -0.1) is 0 Å². The summed E-state index contributed by atoms with van der Waals surface area (Å²) in [6.45, 7) is 1.98. The standard InChI is InChI=1S/C18H18ClN3OS/c1-12(13-7-3-4-8-14(13)19)22(2)17(23)11-24-18-20-15-9-5-6-10-16(15)21-18/h3-10,12H,11H2,1-2H3,(H,20,21). The molecule has 0 spiro atoms. The summed E-state index contributed by atoms with van der Waals surface area (Å²) in [4.78, 5) is 21.9. The van der Waals surface area contributed by atoms with Crippen molar-refractivity contribution >= 4 is 40.3 Å². The molecule has 1 atom stereocenters. The Hall–Kier alpha value is -1.98. The maximum absolute atomic E-state index is 12.5. The van der Waals surface area contributed by atoms with E-state index in [0.717, 1.165) is 21.8 Å². The predicted molar refractivity (Wildman–Crippen MR) is 99.5 cm³/mol. The molecule has 2 aromatic carbocycles. The smallest absolute Gasteiger partial charge is 0.233 e. The molecule has 3 rings (SSSR count). The molecule has 4 nitrogen and oxygen atoms in total. The van der Waals surface area contributed by atoms with E-state index >= 15 is 0 Å². The molecule has 0 fully saturated rings. The molecule has 124 valence electrons. The summed E-state index contributed by atoms with van der Waals surface area (Å²) in [6.07, 6.45) is 0. The molecule has 0 aliphatic heterocycles. The number of rotatable bonds is 5. The molecule has 0 saturated carbocycles. The van der Waals surface area contributed by atoms with Gasteiger partial charge in [0.05, 0.1) is 22.8 Å². The van der Waals surface area contributed by atoms with Crippen molar-refractivity contribution in [3.05, 3.63) is 59.1 Å². The molecule has 6 heteroatoms. The van der Waals surface area contributed by atoms with Gasteiger partial charge in [-0.25, -0.2) is 4.98 Å². The van der Waals surface area contributed by atoms with Crippen LogP contribution in [0.1, 0.15) is 18.5 Å². The number of H-pyrrole nitrogens is 1. The largest absolute Gasteiger partial charge is 0.338 e. The molecule has 1 heterocycles. The Morgan fingerprint density at radius 1 is 1.25 bits per heavy atom. The van der Waals surface area contributed by atoms with Gasteiger partial charge in [-0.3, -0.25) is 4.79 Å². The number of nitrogens with one attached hydrogen (secondary N) is 1. The van der Waals surface area contributed by atoms with Gasteiger partial charge in [0.1, 0.15) is 0 Å². The molecule has 0 radical (unpaired) electrons. The van der Waals surface area contributed by atoms with Crippen LogP contribution in [0.25, 0.3) is 11.0 Å². The lowest BCUT2D eigenvalue weighted by Crippen LogP contribution is -2.31. The third-order valence-electron chi connectivity index (χ3n) is 4.03. The van der Waals surface area contributed by atoms with Crippen LogP contribution in [-0.4, -0.2) is 33.6 Å². The van der Waals surface area contributed by atoms with Crippen LogP contribution in [0.3, 0.4) is 0 Å². The number of hydrogen-bond acceptors (Lipinski definition) is 3. The van der Waals surface area contributed by atoms with Crippen molar-refractivity contribution in [2.45, 2.75) is 18.1 Å². The molecule has 1 amide bonds. The Kier molecular flexibility index (Phi) is 5.11. The first-order chi connectivity index (χ1) is 11.6.